The molecule has 11 atom stereocenters. The summed E-state index contributed by atoms with van der Waals surface area (Å²) in [7, 11) is 0. The van der Waals surface area contributed by atoms with Crippen LogP contribution in [0.3, 0.4) is 0 Å². The lowest BCUT2D eigenvalue weighted by Crippen LogP contribution is -2.60. The third-order valence-corrected chi connectivity index (χ3v) is 8.77. The summed E-state index contributed by atoms with van der Waals surface area (Å²) in [6.45, 7) is 2.88. The van der Waals surface area contributed by atoms with E-state index < -0.39 is 80.2 Å². The summed E-state index contributed by atoms with van der Waals surface area (Å²) in [6.07, 6.45) is -10.7. The number of aliphatic hydroxyl groups excluding tert-OH is 8. The van der Waals surface area contributed by atoms with Crippen molar-refractivity contribution in [2.75, 3.05) is 19.8 Å². The lowest BCUT2D eigenvalue weighted by Gasteiger charge is -2.40. The molecule has 14 heteroatoms. The first-order valence-corrected chi connectivity index (χ1v) is 15.2. The molecule has 14 nitrogen and oxygen atoms in total. The molecular weight excluding hydrogens is 608 g/mol. The lowest BCUT2D eigenvalue weighted by atomic mass is 9.87. The molecule has 2 fully saturated rings. The van der Waals surface area contributed by atoms with E-state index in [-0.39, 0.29) is 24.0 Å². The Labute approximate surface area is 264 Å². The van der Waals surface area contributed by atoms with Gasteiger partial charge in [0.05, 0.1) is 25.4 Å². The van der Waals surface area contributed by atoms with Crippen LogP contribution in [0.5, 0.6) is 23.0 Å². The van der Waals surface area contributed by atoms with Crippen LogP contribution < -0.4 is 18.9 Å². The maximum Gasteiger partial charge on any atom is 0.229 e. The predicted molar refractivity (Wildman–Crippen MR) is 157 cm³/mol. The molecule has 46 heavy (non-hydrogen) atoms. The fourth-order valence-corrected chi connectivity index (χ4v) is 6.13. The van der Waals surface area contributed by atoms with Gasteiger partial charge in [-0.3, -0.25) is 0 Å². The van der Waals surface area contributed by atoms with Crippen molar-refractivity contribution in [3.05, 3.63) is 53.1 Å². The minimum atomic E-state index is -1.69. The zero-order chi connectivity index (χ0) is 32.9. The first kappa shape index (κ1) is 32.9. The molecule has 0 aromatic heterocycles. The highest BCUT2D eigenvalue weighted by atomic mass is 16.7. The van der Waals surface area contributed by atoms with Gasteiger partial charge in [0.2, 0.25) is 12.6 Å². The van der Waals surface area contributed by atoms with E-state index >= 15 is 0 Å². The standard InChI is InChI=1S/C32H40O14/c1-32(2)8-7-18-19(46-32)6-3-14-9-15(13-41-29(14)18)17-5-4-16(42-30-27(39)25(37)23(35)21(11-33)44-30)10-20(17)43-31-28(40)26(38)24(36)22(12-34)45-31/h3-8,10,15,21-28,30-31,33-40H,9,11-13H2,1-2H3/t15?,21-,22-,23-,24-,25+,26+,27-,28-,30-,31-/m1/s1. The van der Waals surface area contributed by atoms with Crippen molar-refractivity contribution in [2.45, 2.75) is 93.2 Å². The number of fused-ring (bicyclic) bond motifs is 3. The van der Waals surface area contributed by atoms with E-state index in [0.29, 0.717) is 23.5 Å². The SMILES string of the molecule is CC1(C)C=Cc2c(ccc3c2OCC(c2ccc(O[C@@H]4O[C@H](CO)[C@@H](O)[C@H](O)[C@H]4O)cc2O[C@@H]2O[C@H](CO)[C@@H](O)[C@H](O)[C@H]2O)C3)O1. The van der Waals surface area contributed by atoms with Gasteiger partial charge in [0, 0.05) is 17.5 Å². The highest BCUT2D eigenvalue weighted by Gasteiger charge is 2.46. The summed E-state index contributed by atoms with van der Waals surface area (Å²) in [4.78, 5) is 0. The molecule has 0 saturated carbocycles. The van der Waals surface area contributed by atoms with Crippen LogP contribution in [0.25, 0.3) is 6.08 Å². The second kappa shape index (κ2) is 12.9. The highest BCUT2D eigenvalue weighted by Crippen LogP contribution is 2.45. The monoisotopic (exact) mass is 648 g/mol. The summed E-state index contributed by atoms with van der Waals surface area (Å²) >= 11 is 0. The molecule has 4 aliphatic heterocycles. The van der Waals surface area contributed by atoms with Crippen molar-refractivity contribution >= 4 is 6.08 Å². The molecule has 2 aromatic carbocycles. The summed E-state index contributed by atoms with van der Waals surface area (Å²) in [6, 6.07) is 8.51. The second-order valence-electron chi connectivity index (χ2n) is 12.5. The fraction of sp³-hybridized carbons (Fsp3) is 0.562. The molecule has 4 heterocycles. The quantitative estimate of drug-likeness (QED) is 0.180. The van der Waals surface area contributed by atoms with Crippen LogP contribution in [0.15, 0.2) is 36.4 Å². The third kappa shape index (κ3) is 6.18. The zero-order valence-electron chi connectivity index (χ0n) is 25.2. The van der Waals surface area contributed by atoms with Gasteiger partial charge in [-0.15, -0.1) is 0 Å². The average Bonchev–Trinajstić information content (AvgIpc) is 3.04. The Bertz CT molecular complexity index is 1430. The first-order valence-electron chi connectivity index (χ1n) is 15.2. The largest absolute Gasteiger partial charge is 0.492 e. The van der Waals surface area contributed by atoms with E-state index in [0.717, 1.165) is 11.1 Å². The van der Waals surface area contributed by atoms with Crippen LogP contribution in [0.4, 0.5) is 0 Å². The topological polar surface area (TPSA) is 217 Å². The summed E-state index contributed by atoms with van der Waals surface area (Å²) < 4.78 is 35.3. The molecule has 0 radical (unpaired) electrons. The first-order chi connectivity index (χ1) is 21.9. The summed E-state index contributed by atoms with van der Waals surface area (Å²) in [5, 5.41) is 81.3. The van der Waals surface area contributed by atoms with Gasteiger partial charge < -0.3 is 69.3 Å². The second-order valence-corrected chi connectivity index (χ2v) is 12.5. The van der Waals surface area contributed by atoms with Crippen molar-refractivity contribution in [3.63, 3.8) is 0 Å². The maximum atomic E-state index is 10.7. The van der Waals surface area contributed by atoms with Gasteiger partial charge in [-0.25, -0.2) is 0 Å². The lowest BCUT2D eigenvalue weighted by molar-refractivity contribution is -0.278. The molecule has 0 amide bonds. The van der Waals surface area contributed by atoms with Crippen LogP contribution in [0.1, 0.15) is 36.5 Å². The Hall–Kier alpha value is -3.02. The minimum Gasteiger partial charge on any atom is -0.492 e. The van der Waals surface area contributed by atoms with Crippen molar-refractivity contribution in [1.82, 2.24) is 0 Å². The third-order valence-electron chi connectivity index (χ3n) is 8.77. The number of hydrogen-bond donors (Lipinski definition) is 8. The van der Waals surface area contributed by atoms with Crippen molar-refractivity contribution in [1.29, 1.82) is 0 Å². The minimum absolute atomic E-state index is 0.0868. The Morgan fingerprint density at radius 2 is 1.41 bits per heavy atom. The van der Waals surface area contributed by atoms with E-state index in [1.807, 2.05) is 38.1 Å². The van der Waals surface area contributed by atoms with E-state index in [2.05, 4.69) is 0 Å². The number of aliphatic hydroxyl groups is 8. The Balaban J connectivity index is 1.30. The molecule has 8 N–H and O–H groups in total. The Morgan fingerprint density at radius 1 is 0.783 bits per heavy atom. The molecule has 252 valence electrons. The number of rotatable bonds is 7. The molecular formula is C32H40O14. The molecule has 0 aliphatic carbocycles. The molecule has 0 bridgehead atoms. The summed E-state index contributed by atoms with van der Waals surface area (Å²) in [5.74, 6) is 1.36. The molecule has 0 spiro atoms. The van der Waals surface area contributed by atoms with Crippen LogP contribution in [-0.4, -0.2) is 128 Å². The summed E-state index contributed by atoms with van der Waals surface area (Å²) in [5.41, 5.74) is 1.92. The van der Waals surface area contributed by atoms with E-state index in [9.17, 15) is 40.9 Å². The van der Waals surface area contributed by atoms with Gasteiger partial charge in [-0.1, -0.05) is 12.1 Å². The van der Waals surface area contributed by atoms with Crippen LogP contribution in [-0.2, 0) is 15.9 Å². The van der Waals surface area contributed by atoms with Gasteiger partial charge >= 0.3 is 0 Å². The van der Waals surface area contributed by atoms with Crippen molar-refractivity contribution in [3.8, 4) is 23.0 Å². The van der Waals surface area contributed by atoms with E-state index in [1.165, 1.54) is 6.07 Å². The van der Waals surface area contributed by atoms with Crippen LogP contribution in [0, 0.1) is 0 Å². The van der Waals surface area contributed by atoms with Crippen LogP contribution >= 0.6 is 0 Å². The molecule has 2 aromatic rings. The van der Waals surface area contributed by atoms with Crippen LogP contribution in [0.2, 0.25) is 0 Å². The molecule has 4 aliphatic rings. The van der Waals surface area contributed by atoms with Gasteiger partial charge in [-0.2, -0.15) is 0 Å². The van der Waals surface area contributed by atoms with Crippen molar-refractivity contribution < 1.29 is 69.3 Å². The van der Waals surface area contributed by atoms with Crippen molar-refractivity contribution in [2.24, 2.45) is 0 Å². The van der Waals surface area contributed by atoms with Gasteiger partial charge in [0.25, 0.3) is 0 Å². The van der Waals surface area contributed by atoms with E-state index in [1.54, 1.807) is 12.1 Å². The zero-order valence-corrected chi connectivity index (χ0v) is 25.2. The fourth-order valence-electron chi connectivity index (χ4n) is 6.13. The Morgan fingerprint density at radius 3 is 2.04 bits per heavy atom. The smallest absolute Gasteiger partial charge is 0.229 e. The predicted octanol–water partition coefficient (Wildman–Crippen LogP) is -1.05. The van der Waals surface area contributed by atoms with E-state index in [4.69, 9.17) is 28.4 Å². The van der Waals surface area contributed by atoms with Gasteiger partial charge in [0.15, 0.2) is 0 Å². The van der Waals surface area contributed by atoms with Gasteiger partial charge in [-0.05, 0) is 50.1 Å². The molecule has 6 rings (SSSR count). The molecule has 1 unspecified atom stereocenters. The number of benzene rings is 2. The maximum absolute atomic E-state index is 10.7. The molecule has 2 saturated heterocycles. The average molecular weight is 649 g/mol. The highest BCUT2D eigenvalue weighted by molar-refractivity contribution is 5.69. The number of hydrogen-bond acceptors (Lipinski definition) is 14. The Kier molecular flexibility index (Phi) is 9.21. The number of ether oxygens (including phenoxy) is 6. The normalized spacial score (nSPS) is 36.5. The van der Waals surface area contributed by atoms with Gasteiger partial charge in [0.1, 0.15) is 77.4 Å².